The molecule has 1 aromatic heterocycles. The summed E-state index contributed by atoms with van der Waals surface area (Å²) in [5.74, 6) is -0.540. The summed E-state index contributed by atoms with van der Waals surface area (Å²) in [7, 11) is 0. The third-order valence-electron chi connectivity index (χ3n) is 13.7. The van der Waals surface area contributed by atoms with Crippen molar-refractivity contribution in [2.24, 2.45) is 39.5 Å². The summed E-state index contributed by atoms with van der Waals surface area (Å²) < 4.78 is 4.76. The number of aromatic nitrogens is 1. The van der Waals surface area contributed by atoms with E-state index in [1.807, 2.05) is 122 Å². The van der Waals surface area contributed by atoms with Crippen LogP contribution in [0.4, 0.5) is 5.82 Å². The maximum absolute atomic E-state index is 15.0. The summed E-state index contributed by atoms with van der Waals surface area (Å²) in [4.78, 5) is 82.1. The molecule has 12 heteroatoms. The van der Waals surface area contributed by atoms with Crippen LogP contribution in [0.15, 0.2) is 21.8 Å². The summed E-state index contributed by atoms with van der Waals surface area (Å²) in [5, 5.41) is 6.38. The lowest BCUT2D eigenvalue weighted by molar-refractivity contribution is -0.153. The Morgan fingerprint density at radius 1 is 0.734 bits per heavy atom. The first-order valence-electron chi connectivity index (χ1n) is 24.3. The number of rotatable bonds is 24. The van der Waals surface area contributed by atoms with Crippen molar-refractivity contribution in [1.82, 2.24) is 15.2 Å². The number of nitrogens with zero attached hydrogens (tertiary/aromatic N) is 2. The minimum absolute atomic E-state index is 0.0414. The van der Waals surface area contributed by atoms with Crippen molar-refractivity contribution in [2.45, 2.75) is 200 Å². The fourth-order valence-corrected chi connectivity index (χ4v) is 10.4. The Balaban J connectivity index is 3.04. The Morgan fingerprint density at radius 2 is 1.27 bits per heavy atom. The average molecular weight is 910 g/mol. The molecule has 0 radical (unpaired) electrons. The van der Waals surface area contributed by atoms with Gasteiger partial charge in [0.1, 0.15) is 18.3 Å². The molecule has 0 unspecified atom stereocenters. The van der Waals surface area contributed by atoms with E-state index in [1.54, 1.807) is 0 Å². The van der Waals surface area contributed by atoms with E-state index in [0.29, 0.717) is 78.2 Å². The lowest BCUT2D eigenvalue weighted by atomic mass is 9.77. The van der Waals surface area contributed by atoms with Crippen molar-refractivity contribution in [3.8, 4) is 0 Å². The Kier molecular flexibility index (Phi) is 20.9. The Hall–Kier alpha value is -3.67. The van der Waals surface area contributed by atoms with Crippen LogP contribution in [0.1, 0.15) is 205 Å². The van der Waals surface area contributed by atoms with Crippen LogP contribution in [0.2, 0.25) is 0 Å². The van der Waals surface area contributed by atoms with Gasteiger partial charge in [-0.3, -0.25) is 24.0 Å². The van der Waals surface area contributed by atoms with Crippen molar-refractivity contribution >= 4 is 59.0 Å². The van der Waals surface area contributed by atoms with E-state index in [1.165, 1.54) is 11.8 Å². The topological polar surface area (TPSA) is 150 Å². The molecule has 64 heavy (non-hydrogen) atoms. The van der Waals surface area contributed by atoms with Gasteiger partial charge in [0, 0.05) is 34.9 Å². The van der Waals surface area contributed by atoms with E-state index < -0.39 is 15.6 Å². The number of esters is 1. The van der Waals surface area contributed by atoms with E-state index >= 15 is 0 Å². The number of ketones is 1. The van der Waals surface area contributed by atoms with Gasteiger partial charge in [-0.2, -0.15) is 0 Å². The molecule has 0 saturated carbocycles. The number of H-pyrrole nitrogens is 1. The summed E-state index contributed by atoms with van der Waals surface area (Å²) in [6.45, 7) is 40.1. The van der Waals surface area contributed by atoms with Gasteiger partial charge in [-0.1, -0.05) is 96.9 Å². The normalized spacial score (nSPS) is 14.6. The summed E-state index contributed by atoms with van der Waals surface area (Å²) >= 11 is 1.45. The Morgan fingerprint density at radius 3 is 1.69 bits per heavy atom. The summed E-state index contributed by atoms with van der Waals surface area (Å²) in [5.41, 5.74) is 2.14. The number of hydrogen-bond acceptors (Lipinski definition) is 8. The maximum Gasteiger partial charge on any atom is 0.311 e. The van der Waals surface area contributed by atoms with Crippen molar-refractivity contribution in [3.05, 3.63) is 33.7 Å². The van der Waals surface area contributed by atoms with Gasteiger partial charge in [0.15, 0.2) is 5.78 Å². The number of nitrogens with one attached hydrogen (secondary N) is 3. The highest BCUT2D eigenvalue weighted by Crippen LogP contribution is 2.41. The Bertz CT molecular complexity index is 1880. The zero-order valence-corrected chi connectivity index (χ0v) is 44.3. The van der Waals surface area contributed by atoms with Crippen LogP contribution in [0.3, 0.4) is 0 Å². The van der Waals surface area contributed by atoms with Gasteiger partial charge in [-0.25, -0.2) is 4.99 Å². The molecule has 1 aliphatic rings. The van der Waals surface area contributed by atoms with Crippen LogP contribution < -0.4 is 10.6 Å². The van der Waals surface area contributed by atoms with Gasteiger partial charge in [-0.15, -0.1) is 11.8 Å². The van der Waals surface area contributed by atoms with E-state index in [9.17, 15) is 24.0 Å². The molecule has 362 valence electrons. The lowest BCUT2D eigenvalue weighted by Gasteiger charge is -2.32. The standard InChI is InChI=1S/C52H87N5O6S/c1-21-50(19,20)49(62)63-27-28-64-52(25-5,26-6)48(61)56-45-42(46(59)57(34(15)16)35(17)18)40(33(13)14)37(54-45)29-36-39(32(11)12)41(43(58)38(30(7)8)31(9)10)44(53-36)55-47(60)51(22-2,23-3)24-4/h29-35,38,54H,21-28H2,1-20H3,(H,56,61)(H,53,55,60). The van der Waals surface area contributed by atoms with Crippen molar-refractivity contribution in [1.29, 1.82) is 0 Å². The molecular formula is C52H87N5O6S. The number of carbonyl (C=O) groups excluding carboxylic acids is 5. The number of amides is 3. The highest BCUT2D eigenvalue weighted by molar-refractivity contribution is 8.01. The molecule has 0 aliphatic carbocycles. The van der Waals surface area contributed by atoms with Gasteiger partial charge in [0.25, 0.3) is 5.91 Å². The minimum Gasteiger partial charge on any atom is -0.464 e. The van der Waals surface area contributed by atoms with Crippen LogP contribution in [0.25, 0.3) is 6.08 Å². The zero-order valence-electron chi connectivity index (χ0n) is 43.5. The highest BCUT2D eigenvalue weighted by Gasteiger charge is 2.42. The second-order valence-electron chi connectivity index (χ2n) is 20.2. The largest absolute Gasteiger partial charge is 0.464 e. The first-order chi connectivity index (χ1) is 29.7. The van der Waals surface area contributed by atoms with E-state index in [0.717, 1.165) is 5.57 Å². The number of Topliss-reactive ketones (excluding diaryl/α,β-unsaturated/α-hetero) is 1. The monoisotopic (exact) mass is 910 g/mol. The van der Waals surface area contributed by atoms with Gasteiger partial charge in [0.2, 0.25) is 11.8 Å². The van der Waals surface area contributed by atoms with Gasteiger partial charge < -0.3 is 25.3 Å². The molecule has 1 aromatic rings. The van der Waals surface area contributed by atoms with E-state index in [2.05, 4.69) is 43.3 Å². The van der Waals surface area contributed by atoms with Crippen LogP contribution in [-0.2, 0) is 23.9 Å². The molecule has 3 N–H and O–H groups in total. The number of aromatic amines is 1. The number of anilines is 1. The number of aliphatic imine (C=N–C) groups is 1. The molecule has 2 rings (SSSR count). The highest BCUT2D eigenvalue weighted by atomic mass is 32.2. The molecule has 0 atom stereocenters. The van der Waals surface area contributed by atoms with Crippen LogP contribution >= 0.6 is 11.8 Å². The molecule has 0 spiro atoms. The summed E-state index contributed by atoms with van der Waals surface area (Å²) in [6, 6.07) is -0.278. The minimum atomic E-state index is -0.885. The molecule has 0 fully saturated rings. The van der Waals surface area contributed by atoms with E-state index in [-0.39, 0.29) is 83.6 Å². The third kappa shape index (κ3) is 12.4. The fourth-order valence-electron chi connectivity index (χ4n) is 9.21. The van der Waals surface area contributed by atoms with E-state index in [4.69, 9.17) is 9.73 Å². The smallest absolute Gasteiger partial charge is 0.311 e. The number of thioether (sulfide) groups is 1. The maximum atomic E-state index is 15.0. The molecular weight excluding hydrogens is 823 g/mol. The van der Waals surface area contributed by atoms with Crippen molar-refractivity contribution in [2.75, 3.05) is 17.7 Å². The first-order valence-corrected chi connectivity index (χ1v) is 25.3. The quantitative estimate of drug-likeness (QED) is 0.0690. The van der Waals surface area contributed by atoms with Gasteiger partial charge in [0.05, 0.1) is 27.0 Å². The average Bonchev–Trinajstić information content (AvgIpc) is 3.75. The third-order valence-corrected chi connectivity index (χ3v) is 15.4. The molecule has 1 aliphatic heterocycles. The second kappa shape index (κ2) is 23.7. The van der Waals surface area contributed by atoms with Crippen molar-refractivity contribution < 1.29 is 28.7 Å². The molecule has 0 saturated heterocycles. The predicted octanol–water partition coefficient (Wildman–Crippen LogP) is 12.1. The number of carbonyl (C=O) groups is 5. The van der Waals surface area contributed by atoms with Gasteiger partial charge >= 0.3 is 5.97 Å². The van der Waals surface area contributed by atoms with Crippen LogP contribution in [0.5, 0.6) is 0 Å². The molecule has 11 nitrogen and oxygen atoms in total. The van der Waals surface area contributed by atoms with Gasteiger partial charge in [-0.05, 0) is 121 Å². The number of amidine groups is 1. The molecule has 0 bridgehead atoms. The predicted molar refractivity (Wildman–Crippen MR) is 268 cm³/mol. The fraction of sp³-hybridized carbons (Fsp3) is 0.731. The molecule has 2 heterocycles. The van der Waals surface area contributed by atoms with Crippen LogP contribution in [-0.4, -0.2) is 74.4 Å². The lowest BCUT2D eigenvalue weighted by Crippen LogP contribution is -2.45. The molecule has 0 aromatic carbocycles. The summed E-state index contributed by atoms with van der Waals surface area (Å²) in [6.07, 6.45) is 5.47. The molecule has 3 amide bonds. The Labute approximate surface area is 392 Å². The number of allylic oxidation sites excluding steroid dienone is 1. The zero-order chi connectivity index (χ0) is 49.2. The van der Waals surface area contributed by atoms with Crippen LogP contribution in [0, 0.1) is 34.5 Å². The second-order valence-corrected chi connectivity index (χ2v) is 21.7. The SMILES string of the molecule is CCC(C)(C)C(=O)OCCSC(CC)(CC)C(=O)Nc1[nH]c(C=C2N=C(NC(=O)C(CC)(CC)CC)C(C(=O)C(C(C)C)C(C)C)=C2C(C)C)c(C(C)C)c1C(=O)N(C(C)C)C(C)C. The number of hydrogen-bond donors (Lipinski definition) is 3. The first kappa shape index (κ1) is 56.5. The van der Waals surface area contributed by atoms with Crippen molar-refractivity contribution in [3.63, 3.8) is 0 Å². The number of ether oxygens (including phenoxy) is 1.